The number of nitrogens with zero attached hydrogens (tertiary/aromatic N) is 3. The van der Waals surface area contributed by atoms with Crippen molar-refractivity contribution in [2.45, 2.75) is 39.8 Å². The standard InChI is InChI=1S/C16H23N5S.HI/c1-11(2)15-12(3)22-14(21-15)10-20-16(17-4)19-9-13-7-5-6-8-18-13;/h5-8,11H,9-10H2,1-4H3,(H2,17,19,20);1H. The SMILES string of the molecule is CN=C(NCc1ccccn1)NCc1nc(C(C)C)c(C)s1.I. The molecule has 0 unspecified atom stereocenters. The maximum Gasteiger partial charge on any atom is 0.191 e. The predicted molar refractivity (Wildman–Crippen MR) is 108 cm³/mol. The van der Waals surface area contributed by atoms with Gasteiger partial charge in [-0.25, -0.2) is 4.98 Å². The minimum atomic E-state index is 0. The molecule has 2 aromatic heterocycles. The van der Waals surface area contributed by atoms with Gasteiger partial charge in [-0.15, -0.1) is 35.3 Å². The van der Waals surface area contributed by atoms with Gasteiger partial charge in [-0.1, -0.05) is 19.9 Å². The Labute approximate surface area is 159 Å². The highest BCUT2D eigenvalue weighted by Crippen LogP contribution is 2.23. The number of guanidine groups is 1. The smallest absolute Gasteiger partial charge is 0.191 e. The van der Waals surface area contributed by atoms with E-state index in [2.05, 4.69) is 41.4 Å². The zero-order chi connectivity index (χ0) is 15.9. The third-order valence-corrected chi connectivity index (χ3v) is 4.20. The summed E-state index contributed by atoms with van der Waals surface area (Å²) in [7, 11) is 1.76. The molecule has 0 saturated heterocycles. The molecule has 0 aromatic carbocycles. The van der Waals surface area contributed by atoms with E-state index in [1.54, 1.807) is 24.6 Å². The zero-order valence-electron chi connectivity index (χ0n) is 14.0. The second-order valence-electron chi connectivity index (χ2n) is 5.30. The van der Waals surface area contributed by atoms with Gasteiger partial charge in [0.05, 0.1) is 24.5 Å². The fourth-order valence-corrected chi connectivity index (χ4v) is 3.16. The predicted octanol–water partition coefficient (Wildman–Crippen LogP) is 3.45. The lowest BCUT2D eigenvalue weighted by Crippen LogP contribution is -2.36. The van der Waals surface area contributed by atoms with E-state index in [0.29, 0.717) is 19.0 Å². The van der Waals surface area contributed by atoms with E-state index in [1.165, 1.54) is 10.6 Å². The van der Waals surface area contributed by atoms with Crippen LogP contribution >= 0.6 is 35.3 Å². The van der Waals surface area contributed by atoms with Crippen molar-refractivity contribution in [3.8, 4) is 0 Å². The Bertz CT molecular complexity index is 625. The number of hydrogen-bond acceptors (Lipinski definition) is 4. The molecule has 0 bridgehead atoms. The number of aryl methyl sites for hydroxylation is 1. The average Bonchev–Trinajstić information content (AvgIpc) is 2.90. The highest BCUT2D eigenvalue weighted by Gasteiger charge is 2.11. The van der Waals surface area contributed by atoms with Crippen molar-refractivity contribution < 1.29 is 0 Å². The molecule has 0 aliphatic rings. The highest BCUT2D eigenvalue weighted by molar-refractivity contribution is 14.0. The number of hydrogen-bond donors (Lipinski definition) is 2. The summed E-state index contributed by atoms with van der Waals surface area (Å²) in [5.74, 6) is 1.22. The Morgan fingerprint density at radius 3 is 2.57 bits per heavy atom. The largest absolute Gasteiger partial charge is 0.351 e. The van der Waals surface area contributed by atoms with E-state index in [4.69, 9.17) is 4.98 Å². The molecule has 0 atom stereocenters. The molecule has 0 aliphatic carbocycles. The number of pyridine rings is 1. The van der Waals surface area contributed by atoms with Gasteiger partial charge in [0.15, 0.2) is 5.96 Å². The van der Waals surface area contributed by atoms with Gasteiger partial charge >= 0.3 is 0 Å². The molecule has 2 heterocycles. The average molecular weight is 445 g/mol. The summed E-state index contributed by atoms with van der Waals surface area (Å²) in [5.41, 5.74) is 2.18. The van der Waals surface area contributed by atoms with Crippen LogP contribution < -0.4 is 10.6 Å². The molecule has 0 radical (unpaired) electrons. The summed E-state index contributed by atoms with van der Waals surface area (Å²) in [6.07, 6.45) is 1.79. The summed E-state index contributed by atoms with van der Waals surface area (Å²) in [5, 5.41) is 7.63. The Morgan fingerprint density at radius 2 is 2.00 bits per heavy atom. The summed E-state index contributed by atoms with van der Waals surface area (Å²) in [6.45, 7) is 7.80. The van der Waals surface area contributed by atoms with Gasteiger partial charge in [0.2, 0.25) is 0 Å². The number of rotatable bonds is 5. The van der Waals surface area contributed by atoms with Crippen molar-refractivity contribution in [1.82, 2.24) is 20.6 Å². The van der Waals surface area contributed by atoms with Gasteiger partial charge in [0, 0.05) is 18.1 Å². The van der Waals surface area contributed by atoms with E-state index in [-0.39, 0.29) is 24.0 Å². The number of nitrogens with one attached hydrogen (secondary N) is 2. The maximum atomic E-state index is 4.69. The lowest BCUT2D eigenvalue weighted by atomic mass is 10.1. The summed E-state index contributed by atoms with van der Waals surface area (Å²) in [4.78, 5) is 14.5. The fourth-order valence-electron chi connectivity index (χ4n) is 2.13. The van der Waals surface area contributed by atoms with Crippen molar-refractivity contribution in [3.05, 3.63) is 45.7 Å². The Balaban J connectivity index is 0.00000264. The molecule has 0 aliphatic heterocycles. The molecule has 0 amide bonds. The molecule has 5 nitrogen and oxygen atoms in total. The van der Waals surface area contributed by atoms with Crippen molar-refractivity contribution in [2.24, 2.45) is 4.99 Å². The van der Waals surface area contributed by atoms with Gasteiger partial charge in [-0.3, -0.25) is 9.98 Å². The van der Waals surface area contributed by atoms with Crippen molar-refractivity contribution >= 4 is 41.3 Å². The second kappa shape index (κ2) is 9.82. The van der Waals surface area contributed by atoms with E-state index in [9.17, 15) is 0 Å². The normalized spacial score (nSPS) is 11.3. The number of aromatic nitrogens is 2. The van der Waals surface area contributed by atoms with Gasteiger partial charge in [0.25, 0.3) is 0 Å². The van der Waals surface area contributed by atoms with Crippen LogP contribution in [0.15, 0.2) is 29.4 Å². The molecule has 126 valence electrons. The number of aliphatic imine (C=N–C) groups is 1. The Kier molecular flexibility index (Phi) is 8.46. The van der Waals surface area contributed by atoms with Crippen LogP contribution in [0.25, 0.3) is 0 Å². The quantitative estimate of drug-likeness (QED) is 0.421. The van der Waals surface area contributed by atoms with Crippen molar-refractivity contribution in [1.29, 1.82) is 0 Å². The van der Waals surface area contributed by atoms with Crippen molar-refractivity contribution in [2.75, 3.05) is 7.05 Å². The van der Waals surface area contributed by atoms with Gasteiger partial charge in [-0.05, 0) is 25.0 Å². The van der Waals surface area contributed by atoms with Crippen molar-refractivity contribution in [3.63, 3.8) is 0 Å². The molecule has 0 fully saturated rings. The molecular weight excluding hydrogens is 421 g/mol. The Morgan fingerprint density at radius 1 is 1.26 bits per heavy atom. The minimum absolute atomic E-state index is 0. The van der Waals surface area contributed by atoms with Crippen LogP contribution in [0.1, 0.15) is 41.0 Å². The summed E-state index contributed by atoms with van der Waals surface area (Å²) in [6, 6.07) is 5.87. The fraction of sp³-hybridized carbons (Fsp3) is 0.438. The summed E-state index contributed by atoms with van der Waals surface area (Å²) >= 11 is 1.74. The van der Waals surface area contributed by atoms with Crippen LogP contribution in [0.3, 0.4) is 0 Å². The maximum absolute atomic E-state index is 4.69. The van der Waals surface area contributed by atoms with Gasteiger partial charge < -0.3 is 10.6 Å². The molecule has 2 N–H and O–H groups in total. The molecule has 7 heteroatoms. The third kappa shape index (κ3) is 6.06. The van der Waals surface area contributed by atoms with Crippen LogP contribution in [-0.4, -0.2) is 23.0 Å². The second-order valence-corrected chi connectivity index (χ2v) is 6.59. The first kappa shape index (κ1) is 19.8. The first-order chi connectivity index (χ1) is 10.6. The lowest BCUT2D eigenvalue weighted by molar-refractivity contribution is 0.776. The first-order valence-electron chi connectivity index (χ1n) is 7.40. The van der Waals surface area contributed by atoms with Crippen LogP contribution in [0.5, 0.6) is 0 Å². The number of halogens is 1. The van der Waals surface area contributed by atoms with Crippen LogP contribution in [0.2, 0.25) is 0 Å². The molecular formula is C16H24IN5S. The summed E-state index contributed by atoms with van der Waals surface area (Å²) < 4.78 is 0. The van der Waals surface area contributed by atoms with Gasteiger partial charge in [0.1, 0.15) is 5.01 Å². The topological polar surface area (TPSA) is 62.2 Å². The van der Waals surface area contributed by atoms with E-state index < -0.39 is 0 Å². The van der Waals surface area contributed by atoms with Crippen LogP contribution in [0, 0.1) is 6.92 Å². The van der Waals surface area contributed by atoms with Crippen LogP contribution in [-0.2, 0) is 13.1 Å². The third-order valence-electron chi connectivity index (χ3n) is 3.22. The molecule has 0 saturated carbocycles. The molecule has 23 heavy (non-hydrogen) atoms. The zero-order valence-corrected chi connectivity index (χ0v) is 17.1. The molecule has 0 spiro atoms. The van der Waals surface area contributed by atoms with E-state index >= 15 is 0 Å². The van der Waals surface area contributed by atoms with Gasteiger partial charge in [-0.2, -0.15) is 0 Å². The highest BCUT2D eigenvalue weighted by atomic mass is 127. The molecule has 2 rings (SSSR count). The van der Waals surface area contributed by atoms with Crippen LogP contribution in [0.4, 0.5) is 0 Å². The van der Waals surface area contributed by atoms with E-state index in [1.807, 2.05) is 18.2 Å². The molecule has 2 aromatic rings. The Hall–Kier alpha value is -1.22. The minimum Gasteiger partial charge on any atom is -0.351 e. The first-order valence-corrected chi connectivity index (χ1v) is 8.22. The van der Waals surface area contributed by atoms with E-state index in [0.717, 1.165) is 16.7 Å². The lowest BCUT2D eigenvalue weighted by Gasteiger charge is -2.10. The number of thiazole rings is 1. The monoisotopic (exact) mass is 445 g/mol.